The monoisotopic (exact) mass is 486 g/mol. The minimum atomic E-state index is -0.148. The molecule has 0 saturated carbocycles. The van der Waals surface area contributed by atoms with Crippen LogP contribution in [0.2, 0.25) is 0 Å². The lowest BCUT2D eigenvalue weighted by Gasteiger charge is -2.23. The highest BCUT2D eigenvalue weighted by Crippen LogP contribution is 2.14. The highest BCUT2D eigenvalue weighted by atomic mass is 16.5. The van der Waals surface area contributed by atoms with Crippen molar-refractivity contribution in [2.45, 2.75) is 0 Å². The van der Waals surface area contributed by atoms with Crippen molar-refractivity contribution in [3.05, 3.63) is 60.7 Å². The number of amides is 2. The van der Waals surface area contributed by atoms with Crippen molar-refractivity contribution < 1.29 is 33.3 Å². The molecule has 2 amide bonds. The quantitative estimate of drug-likeness (QED) is 0.643. The number of benzene rings is 2. The second-order valence-corrected chi connectivity index (χ2v) is 7.70. The standard InChI is InChI=1S/C26H34N2O7/c29-25-21-34-19-17-33-18-20-35-22-26(30)28(24-9-5-2-6-10-24)12-14-32-16-15-31-13-11-27(25)23-7-3-1-4-8-23/h1-10H,11-22H2. The first-order valence-corrected chi connectivity index (χ1v) is 11.9. The molecule has 3 rings (SSSR count). The molecule has 1 aliphatic heterocycles. The number of anilines is 2. The van der Waals surface area contributed by atoms with Gasteiger partial charge in [0.05, 0.1) is 52.9 Å². The third-order valence-electron chi connectivity index (χ3n) is 5.22. The normalized spacial score (nSPS) is 19.2. The molecule has 1 saturated heterocycles. The number of hydrogen-bond donors (Lipinski definition) is 0. The summed E-state index contributed by atoms with van der Waals surface area (Å²) in [5.41, 5.74) is 1.58. The smallest absolute Gasteiger partial charge is 0.253 e. The first-order valence-electron chi connectivity index (χ1n) is 11.9. The Kier molecular flexibility index (Phi) is 12.2. The number of ether oxygens (including phenoxy) is 5. The summed E-state index contributed by atoms with van der Waals surface area (Å²) in [7, 11) is 0. The number of para-hydroxylation sites is 2. The Labute approximate surface area is 206 Å². The molecule has 0 bridgehead atoms. The van der Waals surface area contributed by atoms with Crippen molar-refractivity contribution in [3.8, 4) is 0 Å². The van der Waals surface area contributed by atoms with Crippen LogP contribution in [0.3, 0.4) is 0 Å². The van der Waals surface area contributed by atoms with Crippen LogP contribution in [-0.2, 0) is 33.3 Å². The fraction of sp³-hybridized carbons (Fsp3) is 0.462. The molecule has 2 aromatic carbocycles. The van der Waals surface area contributed by atoms with Gasteiger partial charge in [0.25, 0.3) is 11.8 Å². The van der Waals surface area contributed by atoms with Crippen molar-refractivity contribution in [1.82, 2.24) is 0 Å². The van der Waals surface area contributed by atoms with E-state index in [1.165, 1.54) is 0 Å². The highest BCUT2D eigenvalue weighted by Gasteiger charge is 2.17. The van der Waals surface area contributed by atoms with Crippen LogP contribution < -0.4 is 9.80 Å². The van der Waals surface area contributed by atoms with E-state index in [4.69, 9.17) is 23.7 Å². The van der Waals surface area contributed by atoms with E-state index in [2.05, 4.69) is 0 Å². The lowest BCUT2D eigenvalue weighted by atomic mass is 10.3. The van der Waals surface area contributed by atoms with Crippen LogP contribution in [-0.4, -0.2) is 91.0 Å². The van der Waals surface area contributed by atoms with Gasteiger partial charge in [-0.15, -0.1) is 0 Å². The third-order valence-corrected chi connectivity index (χ3v) is 5.22. The summed E-state index contributed by atoms with van der Waals surface area (Å²) in [6.45, 7) is 3.39. The molecule has 0 atom stereocenters. The number of rotatable bonds is 2. The Hall–Kier alpha value is -2.82. The summed E-state index contributed by atoms with van der Waals surface area (Å²) < 4.78 is 27.9. The zero-order chi connectivity index (χ0) is 24.6. The maximum Gasteiger partial charge on any atom is 0.253 e. The molecule has 1 aliphatic rings. The van der Waals surface area contributed by atoms with E-state index in [-0.39, 0.29) is 38.2 Å². The van der Waals surface area contributed by atoms with Gasteiger partial charge in [-0.1, -0.05) is 36.4 Å². The van der Waals surface area contributed by atoms with E-state index in [9.17, 15) is 9.59 Å². The van der Waals surface area contributed by atoms with Crippen LogP contribution in [0.1, 0.15) is 0 Å². The van der Waals surface area contributed by atoms with Gasteiger partial charge >= 0.3 is 0 Å². The first kappa shape index (κ1) is 26.8. The van der Waals surface area contributed by atoms with Crippen molar-refractivity contribution >= 4 is 23.2 Å². The largest absolute Gasteiger partial charge is 0.377 e. The van der Waals surface area contributed by atoms with Gasteiger partial charge in [0, 0.05) is 24.5 Å². The van der Waals surface area contributed by atoms with Crippen LogP contribution >= 0.6 is 0 Å². The van der Waals surface area contributed by atoms with E-state index in [0.717, 1.165) is 11.4 Å². The van der Waals surface area contributed by atoms with E-state index >= 15 is 0 Å². The molecular weight excluding hydrogens is 452 g/mol. The summed E-state index contributed by atoms with van der Waals surface area (Å²) in [6.07, 6.45) is 0. The Morgan fingerprint density at radius 3 is 1.20 bits per heavy atom. The molecular formula is C26H34N2O7. The number of hydrogen-bond acceptors (Lipinski definition) is 7. The molecule has 0 aromatic heterocycles. The minimum Gasteiger partial charge on any atom is -0.377 e. The van der Waals surface area contributed by atoms with Crippen molar-refractivity contribution in [1.29, 1.82) is 0 Å². The topological polar surface area (TPSA) is 86.8 Å². The fourth-order valence-electron chi connectivity index (χ4n) is 3.46. The van der Waals surface area contributed by atoms with Gasteiger partial charge in [0.2, 0.25) is 0 Å². The number of carbonyl (C=O) groups is 2. The first-order chi connectivity index (χ1) is 17.3. The summed E-state index contributed by atoms with van der Waals surface area (Å²) in [4.78, 5) is 28.8. The lowest BCUT2D eigenvalue weighted by Crippen LogP contribution is -2.37. The molecule has 0 N–H and O–H groups in total. The second kappa shape index (κ2) is 16.0. The summed E-state index contributed by atoms with van der Waals surface area (Å²) >= 11 is 0. The maximum absolute atomic E-state index is 12.7. The van der Waals surface area contributed by atoms with Gasteiger partial charge in [0.1, 0.15) is 13.2 Å². The van der Waals surface area contributed by atoms with Crippen molar-refractivity contribution in [2.75, 3.05) is 89.0 Å². The summed E-state index contributed by atoms with van der Waals surface area (Å²) in [6, 6.07) is 18.9. The molecule has 9 nitrogen and oxygen atoms in total. The fourth-order valence-corrected chi connectivity index (χ4v) is 3.46. The maximum atomic E-state index is 12.7. The molecule has 35 heavy (non-hydrogen) atoms. The molecule has 190 valence electrons. The van der Waals surface area contributed by atoms with Gasteiger partial charge in [-0.3, -0.25) is 9.59 Å². The van der Waals surface area contributed by atoms with Crippen LogP contribution in [0.4, 0.5) is 11.4 Å². The average Bonchev–Trinajstić information content (AvgIpc) is 2.89. The van der Waals surface area contributed by atoms with Gasteiger partial charge in [-0.05, 0) is 24.3 Å². The molecule has 1 fully saturated rings. The van der Waals surface area contributed by atoms with Crippen LogP contribution in [0.25, 0.3) is 0 Å². The third kappa shape index (κ3) is 9.75. The summed E-state index contributed by atoms with van der Waals surface area (Å²) in [5.74, 6) is -0.297. The zero-order valence-corrected chi connectivity index (χ0v) is 20.0. The minimum absolute atomic E-state index is 0.0539. The van der Waals surface area contributed by atoms with Crippen molar-refractivity contribution in [3.63, 3.8) is 0 Å². The zero-order valence-electron chi connectivity index (χ0n) is 20.0. The SMILES string of the molecule is O=C1COCCOCCOCC(=O)N(c2ccccc2)CCOCCOCCN1c1ccccc1. The molecule has 9 heteroatoms. The van der Waals surface area contributed by atoms with E-state index in [1.54, 1.807) is 9.80 Å². The van der Waals surface area contributed by atoms with E-state index < -0.39 is 0 Å². The van der Waals surface area contributed by atoms with Gasteiger partial charge in [0.15, 0.2) is 0 Å². The summed E-state index contributed by atoms with van der Waals surface area (Å²) in [5, 5.41) is 0. The van der Waals surface area contributed by atoms with Crippen molar-refractivity contribution in [2.24, 2.45) is 0 Å². The molecule has 1 heterocycles. The van der Waals surface area contributed by atoms with Crippen LogP contribution in [0.15, 0.2) is 60.7 Å². The average molecular weight is 487 g/mol. The number of nitrogens with zero attached hydrogens (tertiary/aromatic N) is 2. The van der Waals surface area contributed by atoms with E-state index in [1.807, 2.05) is 60.7 Å². The molecule has 0 aliphatic carbocycles. The Bertz CT molecular complexity index is 795. The van der Waals surface area contributed by atoms with Gasteiger partial charge < -0.3 is 33.5 Å². The highest BCUT2D eigenvalue weighted by molar-refractivity contribution is 5.94. The Morgan fingerprint density at radius 2 is 0.800 bits per heavy atom. The Balaban J connectivity index is 1.55. The van der Waals surface area contributed by atoms with Crippen LogP contribution in [0.5, 0.6) is 0 Å². The van der Waals surface area contributed by atoms with Crippen LogP contribution in [0, 0.1) is 0 Å². The molecule has 0 spiro atoms. The lowest BCUT2D eigenvalue weighted by molar-refractivity contribution is -0.124. The predicted molar refractivity (Wildman–Crippen MR) is 132 cm³/mol. The molecule has 2 aromatic rings. The second-order valence-electron chi connectivity index (χ2n) is 7.70. The van der Waals surface area contributed by atoms with Gasteiger partial charge in [-0.25, -0.2) is 0 Å². The number of carbonyl (C=O) groups excluding carboxylic acids is 2. The predicted octanol–water partition coefficient (Wildman–Crippen LogP) is 2.15. The molecule has 0 radical (unpaired) electrons. The van der Waals surface area contributed by atoms with Gasteiger partial charge in [-0.2, -0.15) is 0 Å². The van der Waals surface area contributed by atoms with E-state index in [0.29, 0.717) is 52.7 Å². The molecule has 0 unspecified atom stereocenters. The Morgan fingerprint density at radius 1 is 0.457 bits per heavy atom.